The summed E-state index contributed by atoms with van der Waals surface area (Å²) in [7, 11) is 0. The number of amides is 1. The van der Waals surface area contributed by atoms with Crippen molar-refractivity contribution < 1.29 is 18.4 Å². The highest BCUT2D eigenvalue weighted by molar-refractivity contribution is 7.13. The van der Waals surface area contributed by atoms with Gasteiger partial charge in [-0.1, -0.05) is 6.07 Å². The van der Waals surface area contributed by atoms with Gasteiger partial charge in [0.25, 0.3) is 5.91 Å². The topological polar surface area (TPSA) is 72.0 Å². The van der Waals surface area contributed by atoms with Crippen LogP contribution in [-0.4, -0.2) is 59.6 Å². The Morgan fingerprint density at radius 2 is 2.21 bits per heavy atom. The van der Waals surface area contributed by atoms with Crippen LogP contribution in [0.1, 0.15) is 21.8 Å². The number of fused-ring (bicyclic) bond motifs is 3. The molecule has 3 aromatic heterocycles. The monoisotopic (exact) mass is 413 g/mol. The number of thiophene rings is 1. The molecule has 1 amide bonds. The second-order valence-corrected chi connectivity index (χ2v) is 8.66. The fourth-order valence-electron chi connectivity index (χ4n) is 4.13. The molecule has 0 N–H and O–H groups in total. The van der Waals surface area contributed by atoms with Crippen molar-refractivity contribution in [3.05, 3.63) is 53.1 Å². The van der Waals surface area contributed by atoms with Crippen molar-refractivity contribution in [3.8, 4) is 10.8 Å². The summed E-state index contributed by atoms with van der Waals surface area (Å²) in [6.45, 7) is 6.14. The number of aryl methyl sites for hydroxylation is 1. The lowest BCUT2D eigenvalue weighted by Crippen LogP contribution is -2.45. The lowest BCUT2D eigenvalue weighted by molar-refractivity contribution is 0.0404. The zero-order valence-corrected chi connectivity index (χ0v) is 17.1. The van der Waals surface area contributed by atoms with Gasteiger partial charge in [-0.25, -0.2) is 4.98 Å². The van der Waals surface area contributed by atoms with Gasteiger partial charge < -0.3 is 18.5 Å². The maximum atomic E-state index is 12.9. The molecule has 29 heavy (non-hydrogen) atoms. The smallest absolute Gasteiger partial charge is 0.257 e. The molecule has 5 rings (SSSR count). The molecule has 2 atom stereocenters. The molecule has 0 saturated carbocycles. The molecule has 3 aromatic rings. The van der Waals surface area contributed by atoms with Crippen LogP contribution in [0.5, 0.6) is 0 Å². The largest absolute Gasteiger partial charge is 0.472 e. The number of furan rings is 1. The Labute approximate surface area is 172 Å². The first-order valence-electron chi connectivity index (χ1n) is 9.81. The summed E-state index contributed by atoms with van der Waals surface area (Å²) < 4.78 is 16.9. The average Bonchev–Trinajstić information content (AvgIpc) is 3.42. The van der Waals surface area contributed by atoms with Crippen LogP contribution in [0.4, 0.5) is 0 Å². The molecule has 8 heteroatoms. The maximum Gasteiger partial charge on any atom is 0.257 e. The van der Waals surface area contributed by atoms with Gasteiger partial charge in [0.1, 0.15) is 12.0 Å². The van der Waals surface area contributed by atoms with E-state index in [1.165, 1.54) is 6.26 Å². The first kappa shape index (κ1) is 18.6. The molecule has 5 heterocycles. The zero-order valence-electron chi connectivity index (χ0n) is 16.2. The van der Waals surface area contributed by atoms with E-state index in [-0.39, 0.29) is 17.9 Å². The van der Waals surface area contributed by atoms with Gasteiger partial charge in [0.15, 0.2) is 0 Å². The summed E-state index contributed by atoms with van der Waals surface area (Å²) in [4.78, 5) is 23.0. The summed E-state index contributed by atoms with van der Waals surface area (Å²) in [5.41, 5.74) is 1.55. The third-order valence-corrected chi connectivity index (χ3v) is 6.47. The zero-order chi connectivity index (χ0) is 19.8. The molecule has 0 aliphatic carbocycles. The highest BCUT2D eigenvalue weighted by Gasteiger charge is 2.36. The normalized spacial score (nSPS) is 22.6. The van der Waals surface area contributed by atoms with Gasteiger partial charge in [-0.2, -0.15) is 0 Å². The summed E-state index contributed by atoms with van der Waals surface area (Å²) >= 11 is 1.62. The third kappa shape index (κ3) is 3.75. The van der Waals surface area contributed by atoms with Gasteiger partial charge in [-0.3, -0.25) is 9.69 Å². The first-order chi connectivity index (χ1) is 14.2. The second kappa shape index (κ2) is 7.78. The average molecular weight is 413 g/mol. The Hall–Kier alpha value is -2.42. The van der Waals surface area contributed by atoms with Crippen LogP contribution in [0.3, 0.4) is 0 Å². The Balaban J connectivity index is 1.36. The molecule has 2 saturated heterocycles. The van der Waals surface area contributed by atoms with Gasteiger partial charge >= 0.3 is 0 Å². The quantitative estimate of drug-likeness (QED) is 0.654. The van der Waals surface area contributed by atoms with Crippen LogP contribution in [0.2, 0.25) is 0 Å². The minimum Gasteiger partial charge on any atom is -0.472 e. The van der Waals surface area contributed by atoms with Crippen LogP contribution in [-0.2, 0) is 11.3 Å². The van der Waals surface area contributed by atoms with E-state index in [1.54, 1.807) is 23.7 Å². The van der Waals surface area contributed by atoms with E-state index in [4.69, 9.17) is 18.6 Å². The Morgan fingerprint density at radius 1 is 1.28 bits per heavy atom. The van der Waals surface area contributed by atoms with Crippen LogP contribution in [0.15, 0.2) is 44.9 Å². The minimum absolute atomic E-state index is 0.0232. The number of rotatable bonds is 4. The fourth-order valence-corrected chi connectivity index (χ4v) is 4.78. The lowest BCUT2D eigenvalue weighted by Gasteiger charge is -2.30. The number of ether oxygens (including phenoxy) is 1. The molecule has 0 spiro atoms. The van der Waals surface area contributed by atoms with Crippen molar-refractivity contribution in [1.82, 2.24) is 14.8 Å². The predicted octanol–water partition coefficient (Wildman–Crippen LogP) is 3.28. The number of carbonyl (C=O) groups excluding carboxylic acids is 1. The van der Waals surface area contributed by atoms with Crippen LogP contribution < -0.4 is 0 Å². The van der Waals surface area contributed by atoms with E-state index in [9.17, 15) is 4.79 Å². The molecular formula is C21H23N3O4S. The molecule has 2 fully saturated rings. The SMILES string of the molecule is Cc1oc(-c2cccs2)nc1CN1C[C@H]2COC[C@@H]1CN(C(=O)c1ccoc1)C2. The molecule has 0 aromatic carbocycles. The van der Waals surface area contributed by atoms with Crippen molar-refractivity contribution in [2.24, 2.45) is 5.92 Å². The Kier molecular flexibility index (Phi) is 4.99. The number of carbonyl (C=O) groups is 1. The first-order valence-corrected chi connectivity index (χ1v) is 10.7. The lowest BCUT2D eigenvalue weighted by atomic mass is 10.1. The van der Waals surface area contributed by atoms with Crippen LogP contribution in [0.25, 0.3) is 10.8 Å². The Bertz CT molecular complexity index is 966. The van der Waals surface area contributed by atoms with Crippen molar-refractivity contribution in [2.45, 2.75) is 19.5 Å². The van der Waals surface area contributed by atoms with Gasteiger partial charge in [0.05, 0.1) is 41.7 Å². The molecule has 2 aliphatic rings. The van der Waals surface area contributed by atoms with E-state index in [1.807, 2.05) is 29.3 Å². The highest BCUT2D eigenvalue weighted by Crippen LogP contribution is 2.28. The van der Waals surface area contributed by atoms with Gasteiger partial charge in [0, 0.05) is 32.1 Å². The molecule has 152 valence electrons. The maximum absolute atomic E-state index is 12.9. The fraction of sp³-hybridized carbons (Fsp3) is 0.429. The minimum atomic E-state index is 0.0232. The number of aromatic nitrogens is 1. The molecule has 2 aliphatic heterocycles. The summed E-state index contributed by atoms with van der Waals surface area (Å²) in [5.74, 6) is 1.81. The Morgan fingerprint density at radius 3 is 3.00 bits per heavy atom. The van der Waals surface area contributed by atoms with E-state index in [2.05, 4.69) is 4.90 Å². The summed E-state index contributed by atoms with van der Waals surface area (Å²) in [5, 5.41) is 2.02. The standard InChI is InChI=1S/C21H23N3O4S/c1-14-18(22-20(28-14)19-3-2-6-29-19)10-23-7-15-8-24(9-17(23)13-27-11-15)21(25)16-4-5-26-12-16/h2-6,12,15,17H,7-11,13H2,1H3/t15-,17+/m1/s1. The molecule has 0 radical (unpaired) electrons. The van der Waals surface area contributed by atoms with Crippen LogP contribution in [0, 0.1) is 12.8 Å². The second-order valence-electron chi connectivity index (χ2n) is 7.71. The van der Waals surface area contributed by atoms with E-state index >= 15 is 0 Å². The van der Waals surface area contributed by atoms with Crippen molar-refractivity contribution in [3.63, 3.8) is 0 Å². The van der Waals surface area contributed by atoms with Gasteiger partial charge in [-0.05, 0) is 24.4 Å². The van der Waals surface area contributed by atoms with E-state index in [0.29, 0.717) is 44.3 Å². The number of hydrogen-bond acceptors (Lipinski definition) is 7. The van der Waals surface area contributed by atoms with Gasteiger partial charge in [0.2, 0.25) is 5.89 Å². The predicted molar refractivity (Wildman–Crippen MR) is 108 cm³/mol. The van der Waals surface area contributed by atoms with Crippen molar-refractivity contribution >= 4 is 17.2 Å². The molecule has 0 unspecified atom stereocenters. The third-order valence-electron chi connectivity index (χ3n) is 5.62. The summed E-state index contributed by atoms with van der Waals surface area (Å²) in [6, 6.07) is 5.87. The highest BCUT2D eigenvalue weighted by atomic mass is 32.1. The summed E-state index contributed by atoms with van der Waals surface area (Å²) in [6.07, 6.45) is 3.06. The van der Waals surface area contributed by atoms with Crippen molar-refractivity contribution in [2.75, 3.05) is 32.8 Å². The van der Waals surface area contributed by atoms with E-state index in [0.717, 1.165) is 22.9 Å². The van der Waals surface area contributed by atoms with Crippen LogP contribution >= 0.6 is 11.3 Å². The molecule has 2 bridgehead atoms. The van der Waals surface area contributed by atoms with E-state index < -0.39 is 0 Å². The van der Waals surface area contributed by atoms with Crippen molar-refractivity contribution in [1.29, 1.82) is 0 Å². The number of oxazole rings is 1. The number of nitrogens with zero attached hydrogens (tertiary/aromatic N) is 3. The molecule has 7 nitrogen and oxygen atoms in total. The molecular weight excluding hydrogens is 390 g/mol. The number of hydrogen-bond donors (Lipinski definition) is 0. The van der Waals surface area contributed by atoms with Gasteiger partial charge in [-0.15, -0.1) is 11.3 Å².